The lowest BCUT2D eigenvalue weighted by Crippen LogP contribution is -2.41. The SMILES string of the molecule is CCNC(=NCC1CCCS1)NCC1Cc2ccccc21.I. The number of nitrogens with zero attached hydrogens (tertiary/aromatic N) is 1. The molecule has 0 saturated carbocycles. The normalized spacial score (nSPS) is 23.2. The van der Waals surface area contributed by atoms with Crippen molar-refractivity contribution in [2.24, 2.45) is 4.99 Å². The van der Waals surface area contributed by atoms with E-state index in [1.54, 1.807) is 0 Å². The monoisotopic (exact) mass is 431 g/mol. The van der Waals surface area contributed by atoms with E-state index in [0.717, 1.165) is 30.8 Å². The predicted octanol–water partition coefficient (Wildman–Crippen LogP) is 3.40. The van der Waals surface area contributed by atoms with Gasteiger partial charge in [-0.05, 0) is 43.1 Å². The Morgan fingerprint density at radius 3 is 2.91 bits per heavy atom. The molecule has 122 valence electrons. The van der Waals surface area contributed by atoms with Crippen LogP contribution in [0.1, 0.15) is 36.8 Å². The lowest BCUT2D eigenvalue weighted by atomic mass is 9.78. The predicted molar refractivity (Wildman–Crippen MR) is 108 cm³/mol. The van der Waals surface area contributed by atoms with Crippen molar-refractivity contribution in [2.75, 3.05) is 25.4 Å². The van der Waals surface area contributed by atoms with E-state index in [9.17, 15) is 0 Å². The zero-order valence-corrected chi connectivity index (χ0v) is 16.3. The molecule has 0 amide bonds. The Labute approximate surface area is 155 Å². The number of nitrogens with one attached hydrogen (secondary N) is 2. The highest BCUT2D eigenvalue weighted by atomic mass is 127. The van der Waals surface area contributed by atoms with Gasteiger partial charge in [-0.15, -0.1) is 24.0 Å². The molecular weight excluding hydrogens is 405 g/mol. The van der Waals surface area contributed by atoms with Crippen molar-refractivity contribution in [1.82, 2.24) is 10.6 Å². The lowest BCUT2D eigenvalue weighted by Gasteiger charge is -2.30. The summed E-state index contributed by atoms with van der Waals surface area (Å²) in [6, 6.07) is 8.77. The van der Waals surface area contributed by atoms with Crippen molar-refractivity contribution in [2.45, 2.75) is 37.4 Å². The van der Waals surface area contributed by atoms with Gasteiger partial charge in [0.05, 0.1) is 6.54 Å². The smallest absolute Gasteiger partial charge is 0.191 e. The molecule has 3 nitrogen and oxygen atoms in total. The number of guanidine groups is 1. The van der Waals surface area contributed by atoms with Crippen LogP contribution in [0.25, 0.3) is 0 Å². The third kappa shape index (κ3) is 4.54. The molecule has 1 aromatic carbocycles. The maximum absolute atomic E-state index is 4.76. The van der Waals surface area contributed by atoms with Crippen LogP contribution in [0.4, 0.5) is 0 Å². The summed E-state index contributed by atoms with van der Waals surface area (Å²) in [5, 5.41) is 7.61. The highest BCUT2D eigenvalue weighted by Crippen LogP contribution is 2.33. The molecule has 0 bridgehead atoms. The molecule has 22 heavy (non-hydrogen) atoms. The first kappa shape index (κ1) is 17.9. The van der Waals surface area contributed by atoms with Crippen LogP contribution in [0.3, 0.4) is 0 Å². The number of hydrogen-bond donors (Lipinski definition) is 2. The number of halogens is 1. The number of benzene rings is 1. The van der Waals surface area contributed by atoms with Crippen LogP contribution < -0.4 is 10.6 Å². The van der Waals surface area contributed by atoms with Gasteiger partial charge in [0.25, 0.3) is 0 Å². The van der Waals surface area contributed by atoms with E-state index in [-0.39, 0.29) is 24.0 Å². The molecule has 0 spiro atoms. The standard InChI is InChI=1S/C17H25N3S.HI/c1-2-18-17(20-12-15-7-5-9-21-15)19-11-14-10-13-6-3-4-8-16(13)14;/h3-4,6,8,14-15H,2,5,7,9-12H2,1H3,(H2,18,19,20);1H. The van der Waals surface area contributed by atoms with Gasteiger partial charge in [0.15, 0.2) is 5.96 Å². The summed E-state index contributed by atoms with van der Waals surface area (Å²) in [5.74, 6) is 2.93. The van der Waals surface area contributed by atoms with Crippen LogP contribution >= 0.6 is 35.7 Å². The Morgan fingerprint density at radius 2 is 2.18 bits per heavy atom. The van der Waals surface area contributed by atoms with Gasteiger partial charge < -0.3 is 10.6 Å². The Bertz CT molecular complexity index is 500. The first-order valence-electron chi connectivity index (χ1n) is 8.08. The molecule has 5 heteroatoms. The van der Waals surface area contributed by atoms with Crippen LogP contribution in [0.2, 0.25) is 0 Å². The van der Waals surface area contributed by atoms with Crippen molar-refractivity contribution >= 4 is 41.7 Å². The Morgan fingerprint density at radius 1 is 1.32 bits per heavy atom. The number of thioether (sulfide) groups is 1. The molecule has 1 aliphatic heterocycles. The van der Waals surface area contributed by atoms with Gasteiger partial charge in [-0.1, -0.05) is 24.3 Å². The summed E-state index contributed by atoms with van der Waals surface area (Å²) >= 11 is 2.07. The number of fused-ring (bicyclic) bond motifs is 1. The summed E-state index contributed by atoms with van der Waals surface area (Å²) in [5.41, 5.74) is 3.01. The van der Waals surface area contributed by atoms with Crippen molar-refractivity contribution in [1.29, 1.82) is 0 Å². The topological polar surface area (TPSA) is 36.4 Å². The third-order valence-electron chi connectivity index (χ3n) is 4.30. The highest BCUT2D eigenvalue weighted by Gasteiger charge is 2.25. The Kier molecular flexibility index (Phi) is 7.34. The first-order chi connectivity index (χ1) is 10.4. The average Bonchev–Trinajstić information content (AvgIpc) is 2.99. The van der Waals surface area contributed by atoms with Gasteiger partial charge in [0, 0.05) is 24.3 Å². The summed E-state index contributed by atoms with van der Waals surface area (Å²) in [6.07, 6.45) is 3.87. The molecule has 1 saturated heterocycles. The van der Waals surface area contributed by atoms with Crippen LogP contribution in [0, 0.1) is 0 Å². The zero-order valence-electron chi connectivity index (χ0n) is 13.2. The fourth-order valence-electron chi connectivity index (χ4n) is 3.09. The second kappa shape index (κ2) is 9.01. The van der Waals surface area contributed by atoms with Crippen LogP contribution in [0.5, 0.6) is 0 Å². The molecular formula is C17H26IN3S. The van der Waals surface area contributed by atoms with E-state index in [4.69, 9.17) is 4.99 Å². The fraction of sp³-hybridized carbons (Fsp3) is 0.588. The van der Waals surface area contributed by atoms with Gasteiger partial charge in [-0.2, -0.15) is 11.8 Å². The number of aliphatic imine (C=N–C) groups is 1. The van der Waals surface area contributed by atoms with Crippen molar-refractivity contribution in [3.63, 3.8) is 0 Å². The lowest BCUT2D eigenvalue weighted by molar-refractivity contribution is 0.583. The first-order valence-corrected chi connectivity index (χ1v) is 9.13. The van der Waals surface area contributed by atoms with E-state index < -0.39 is 0 Å². The minimum Gasteiger partial charge on any atom is -0.357 e. The van der Waals surface area contributed by atoms with E-state index in [1.807, 2.05) is 0 Å². The summed E-state index contributed by atoms with van der Waals surface area (Å²) < 4.78 is 0. The largest absolute Gasteiger partial charge is 0.357 e. The Balaban J connectivity index is 0.00000176. The van der Waals surface area contributed by atoms with Gasteiger partial charge in [-0.3, -0.25) is 4.99 Å². The molecule has 1 aromatic rings. The van der Waals surface area contributed by atoms with Gasteiger partial charge in [0.2, 0.25) is 0 Å². The molecule has 1 fully saturated rings. The van der Waals surface area contributed by atoms with Gasteiger partial charge in [0.1, 0.15) is 0 Å². The molecule has 1 heterocycles. The molecule has 0 aromatic heterocycles. The minimum absolute atomic E-state index is 0. The van der Waals surface area contributed by atoms with Crippen LogP contribution in [0.15, 0.2) is 29.3 Å². The number of rotatable bonds is 5. The van der Waals surface area contributed by atoms with Crippen LogP contribution in [-0.4, -0.2) is 36.6 Å². The van der Waals surface area contributed by atoms with Gasteiger partial charge >= 0.3 is 0 Å². The van der Waals surface area contributed by atoms with E-state index in [0.29, 0.717) is 5.92 Å². The maximum Gasteiger partial charge on any atom is 0.191 e. The quantitative estimate of drug-likeness (QED) is 0.426. The number of hydrogen-bond acceptors (Lipinski definition) is 2. The summed E-state index contributed by atoms with van der Waals surface area (Å²) in [6.45, 7) is 4.98. The van der Waals surface area contributed by atoms with Crippen molar-refractivity contribution in [3.05, 3.63) is 35.4 Å². The highest BCUT2D eigenvalue weighted by molar-refractivity contribution is 14.0. The fourth-order valence-corrected chi connectivity index (χ4v) is 4.27. The second-order valence-corrected chi connectivity index (χ2v) is 7.24. The van der Waals surface area contributed by atoms with Crippen LogP contribution in [-0.2, 0) is 6.42 Å². The molecule has 0 radical (unpaired) electrons. The maximum atomic E-state index is 4.76. The van der Waals surface area contributed by atoms with Gasteiger partial charge in [-0.25, -0.2) is 0 Å². The average molecular weight is 431 g/mol. The summed E-state index contributed by atoms with van der Waals surface area (Å²) in [4.78, 5) is 4.76. The molecule has 2 unspecified atom stereocenters. The van der Waals surface area contributed by atoms with Crippen molar-refractivity contribution in [3.8, 4) is 0 Å². The molecule has 2 aliphatic rings. The molecule has 2 N–H and O–H groups in total. The molecule has 3 rings (SSSR count). The zero-order chi connectivity index (χ0) is 14.5. The van der Waals surface area contributed by atoms with E-state index >= 15 is 0 Å². The third-order valence-corrected chi connectivity index (χ3v) is 5.68. The summed E-state index contributed by atoms with van der Waals surface area (Å²) in [7, 11) is 0. The van der Waals surface area contributed by atoms with E-state index in [1.165, 1.54) is 36.1 Å². The Hall–Kier alpha value is -0.430. The van der Waals surface area contributed by atoms with E-state index in [2.05, 4.69) is 53.6 Å². The molecule has 1 aliphatic carbocycles. The molecule has 2 atom stereocenters. The second-order valence-electron chi connectivity index (χ2n) is 5.84. The minimum atomic E-state index is 0. The van der Waals surface area contributed by atoms with Crippen molar-refractivity contribution < 1.29 is 0 Å².